The van der Waals surface area contributed by atoms with Crippen LogP contribution in [0.4, 0.5) is 5.82 Å². The molecule has 76 valence electrons. The minimum atomic E-state index is -0.434. The molecule has 0 spiro atoms. The first-order valence-corrected chi connectivity index (χ1v) is 5.08. The van der Waals surface area contributed by atoms with Crippen LogP contribution in [-0.2, 0) is 0 Å². The number of aliphatic hydroxyl groups is 1. The molecular formula is C11H16N2O. The van der Waals surface area contributed by atoms with Gasteiger partial charge in [-0.25, -0.2) is 4.98 Å². The molecule has 1 atom stereocenters. The van der Waals surface area contributed by atoms with Crippen molar-refractivity contribution in [3.63, 3.8) is 0 Å². The van der Waals surface area contributed by atoms with E-state index < -0.39 is 6.10 Å². The molecule has 2 rings (SSSR count). The quantitative estimate of drug-likeness (QED) is 0.770. The van der Waals surface area contributed by atoms with Crippen molar-refractivity contribution in [2.75, 3.05) is 5.32 Å². The van der Waals surface area contributed by atoms with E-state index in [4.69, 9.17) is 0 Å². The molecule has 3 nitrogen and oxygen atoms in total. The number of pyridine rings is 1. The molecule has 2 N–H and O–H groups in total. The van der Waals surface area contributed by atoms with Gasteiger partial charge in [0, 0.05) is 12.2 Å². The monoisotopic (exact) mass is 192 g/mol. The summed E-state index contributed by atoms with van der Waals surface area (Å²) < 4.78 is 0. The van der Waals surface area contributed by atoms with Crippen LogP contribution in [0.5, 0.6) is 0 Å². The van der Waals surface area contributed by atoms with Crippen molar-refractivity contribution >= 4 is 5.82 Å². The first-order valence-electron chi connectivity index (χ1n) is 5.08. The summed E-state index contributed by atoms with van der Waals surface area (Å²) in [6, 6.07) is 2.61. The van der Waals surface area contributed by atoms with E-state index in [1.54, 1.807) is 13.1 Å². The second kappa shape index (κ2) is 3.58. The van der Waals surface area contributed by atoms with Crippen molar-refractivity contribution in [3.05, 3.63) is 23.4 Å². The Bertz CT molecular complexity index is 332. The van der Waals surface area contributed by atoms with Gasteiger partial charge in [0.2, 0.25) is 0 Å². The molecule has 0 aromatic carbocycles. The van der Waals surface area contributed by atoms with Crippen LogP contribution in [0.3, 0.4) is 0 Å². The van der Waals surface area contributed by atoms with Crippen LogP contribution in [0.2, 0.25) is 0 Å². The minimum Gasteiger partial charge on any atom is -0.389 e. The fraction of sp³-hybridized carbons (Fsp3) is 0.545. The maximum Gasteiger partial charge on any atom is 0.129 e. The Morgan fingerprint density at radius 3 is 2.79 bits per heavy atom. The average Bonchev–Trinajstić information content (AvgIpc) is 2.92. The molecular weight excluding hydrogens is 176 g/mol. The molecule has 0 amide bonds. The lowest BCUT2D eigenvalue weighted by Crippen LogP contribution is -2.06. The van der Waals surface area contributed by atoms with E-state index in [0.29, 0.717) is 6.04 Å². The molecule has 1 fully saturated rings. The van der Waals surface area contributed by atoms with Crippen LogP contribution in [0.15, 0.2) is 12.3 Å². The fourth-order valence-corrected chi connectivity index (χ4v) is 1.40. The van der Waals surface area contributed by atoms with E-state index in [-0.39, 0.29) is 0 Å². The number of nitrogens with one attached hydrogen (secondary N) is 1. The van der Waals surface area contributed by atoms with Gasteiger partial charge in [-0.05, 0) is 43.9 Å². The third-order valence-electron chi connectivity index (χ3n) is 2.50. The number of hydrogen-bond acceptors (Lipinski definition) is 3. The van der Waals surface area contributed by atoms with Gasteiger partial charge in [-0.3, -0.25) is 0 Å². The average molecular weight is 192 g/mol. The highest BCUT2D eigenvalue weighted by molar-refractivity contribution is 5.46. The molecule has 0 radical (unpaired) electrons. The predicted molar refractivity (Wildman–Crippen MR) is 56.3 cm³/mol. The normalized spacial score (nSPS) is 17.9. The van der Waals surface area contributed by atoms with E-state index in [2.05, 4.69) is 10.3 Å². The molecule has 1 aliphatic carbocycles. The van der Waals surface area contributed by atoms with E-state index in [0.717, 1.165) is 16.9 Å². The Kier molecular flexibility index (Phi) is 2.42. The maximum absolute atomic E-state index is 9.37. The molecule has 1 heterocycles. The second-order valence-corrected chi connectivity index (χ2v) is 4.03. The molecule has 0 bridgehead atoms. The van der Waals surface area contributed by atoms with Crippen LogP contribution in [-0.4, -0.2) is 16.1 Å². The van der Waals surface area contributed by atoms with Crippen LogP contribution < -0.4 is 5.32 Å². The van der Waals surface area contributed by atoms with Crippen molar-refractivity contribution in [1.29, 1.82) is 0 Å². The SMILES string of the molecule is Cc1cc([C@@H](C)O)cnc1NC1CC1. The lowest BCUT2D eigenvalue weighted by Gasteiger charge is -2.10. The molecule has 1 aromatic rings. The zero-order chi connectivity index (χ0) is 10.1. The van der Waals surface area contributed by atoms with Gasteiger partial charge < -0.3 is 10.4 Å². The van der Waals surface area contributed by atoms with Gasteiger partial charge in [0.25, 0.3) is 0 Å². The van der Waals surface area contributed by atoms with Gasteiger partial charge in [-0.15, -0.1) is 0 Å². The van der Waals surface area contributed by atoms with Crippen LogP contribution in [0, 0.1) is 6.92 Å². The lowest BCUT2D eigenvalue weighted by atomic mass is 10.1. The van der Waals surface area contributed by atoms with Gasteiger partial charge in [0.1, 0.15) is 5.82 Å². The summed E-state index contributed by atoms with van der Waals surface area (Å²) in [4.78, 5) is 4.31. The largest absolute Gasteiger partial charge is 0.389 e. The third-order valence-corrected chi connectivity index (χ3v) is 2.50. The Balaban J connectivity index is 2.17. The summed E-state index contributed by atoms with van der Waals surface area (Å²) in [7, 11) is 0. The van der Waals surface area contributed by atoms with Gasteiger partial charge in [0.15, 0.2) is 0 Å². The molecule has 0 saturated heterocycles. The van der Waals surface area contributed by atoms with Gasteiger partial charge in [-0.1, -0.05) is 0 Å². The first kappa shape index (κ1) is 9.46. The van der Waals surface area contributed by atoms with Crippen LogP contribution >= 0.6 is 0 Å². The number of aryl methyl sites for hydroxylation is 1. The number of anilines is 1. The van der Waals surface area contributed by atoms with E-state index in [9.17, 15) is 5.11 Å². The number of aliphatic hydroxyl groups excluding tert-OH is 1. The molecule has 14 heavy (non-hydrogen) atoms. The topological polar surface area (TPSA) is 45.2 Å². The Hall–Kier alpha value is -1.09. The highest BCUT2D eigenvalue weighted by Crippen LogP contribution is 2.26. The number of nitrogens with zero attached hydrogens (tertiary/aromatic N) is 1. The van der Waals surface area contributed by atoms with Crippen LogP contribution in [0.25, 0.3) is 0 Å². The Morgan fingerprint density at radius 2 is 2.29 bits per heavy atom. The Morgan fingerprint density at radius 1 is 1.57 bits per heavy atom. The first-order chi connectivity index (χ1) is 6.66. The number of rotatable bonds is 3. The van der Waals surface area contributed by atoms with Crippen molar-refractivity contribution in [3.8, 4) is 0 Å². The molecule has 0 unspecified atom stereocenters. The van der Waals surface area contributed by atoms with Crippen molar-refractivity contribution < 1.29 is 5.11 Å². The molecule has 1 aromatic heterocycles. The maximum atomic E-state index is 9.37. The molecule has 1 saturated carbocycles. The highest BCUT2D eigenvalue weighted by Gasteiger charge is 2.22. The zero-order valence-corrected chi connectivity index (χ0v) is 8.62. The fourth-order valence-electron chi connectivity index (χ4n) is 1.40. The van der Waals surface area contributed by atoms with E-state index >= 15 is 0 Å². The summed E-state index contributed by atoms with van der Waals surface area (Å²) >= 11 is 0. The second-order valence-electron chi connectivity index (χ2n) is 4.03. The standard InChI is InChI=1S/C11H16N2O/c1-7-5-9(8(2)14)6-12-11(7)13-10-3-4-10/h5-6,8,10,14H,3-4H2,1-2H3,(H,12,13)/t8-/m1/s1. The predicted octanol–water partition coefficient (Wildman–Crippen LogP) is 2.02. The van der Waals surface area contributed by atoms with Gasteiger partial charge >= 0.3 is 0 Å². The number of hydrogen-bond donors (Lipinski definition) is 2. The van der Waals surface area contributed by atoms with E-state index in [1.165, 1.54) is 12.8 Å². The third kappa shape index (κ3) is 2.04. The summed E-state index contributed by atoms with van der Waals surface area (Å²) in [6.45, 7) is 3.77. The molecule has 3 heteroatoms. The van der Waals surface area contributed by atoms with Crippen molar-refractivity contribution in [2.45, 2.75) is 38.8 Å². The summed E-state index contributed by atoms with van der Waals surface area (Å²) in [5, 5.41) is 12.7. The van der Waals surface area contributed by atoms with E-state index in [1.807, 2.05) is 13.0 Å². The lowest BCUT2D eigenvalue weighted by molar-refractivity contribution is 0.199. The Labute approximate surface area is 84.2 Å². The smallest absolute Gasteiger partial charge is 0.129 e. The summed E-state index contributed by atoms with van der Waals surface area (Å²) in [5.74, 6) is 0.955. The molecule has 0 aliphatic heterocycles. The van der Waals surface area contributed by atoms with Crippen molar-refractivity contribution in [1.82, 2.24) is 4.98 Å². The molecule has 1 aliphatic rings. The highest BCUT2D eigenvalue weighted by atomic mass is 16.3. The summed E-state index contributed by atoms with van der Waals surface area (Å²) in [6.07, 6.45) is 3.80. The number of aromatic nitrogens is 1. The van der Waals surface area contributed by atoms with Gasteiger partial charge in [-0.2, -0.15) is 0 Å². The van der Waals surface area contributed by atoms with Crippen molar-refractivity contribution in [2.24, 2.45) is 0 Å². The van der Waals surface area contributed by atoms with Crippen LogP contribution in [0.1, 0.15) is 37.0 Å². The zero-order valence-electron chi connectivity index (χ0n) is 8.62. The van der Waals surface area contributed by atoms with Gasteiger partial charge in [0.05, 0.1) is 6.10 Å². The minimum absolute atomic E-state index is 0.434. The summed E-state index contributed by atoms with van der Waals surface area (Å²) in [5.41, 5.74) is 1.99.